The number of benzene rings is 1. The van der Waals surface area contributed by atoms with Gasteiger partial charge in [-0.15, -0.1) is 11.8 Å². The molecule has 0 unspecified atom stereocenters. The van der Waals surface area contributed by atoms with Gasteiger partial charge >= 0.3 is 5.97 Å². The molecule has 1 aromatic carbocycles. The summed E-state index contributed by atoms with van der Waals surface area (Å²) in [7, 11) is 3.19. The molecule has 1 N–H and O–H groups in total. The molecule has 0 aliphatic heterocycles. The largest absolute Gasteiger partial charge is 0.493 e. The number of carboxylic acids is 1. The molecular weight excluding hydrogens is 288 g/mol. The molecule has 0 saturated heterocycles. The Bertz CT molecular complexity index is 496. The number of hydrogen-bond acceptors (Lipinski definition) is 4. The van der Waals surface area contributed by atoms with Crippen molar-refractivity contribution in [2.75, 3.05) is 20.5 Å². The van der Waals surface area contributed by atoms with Crippen LogP contribution < -0.4 is 9.47 Å². The third-order valence-corrected chi connectivity index (χ3v) is 5.08. The van der Waals surface area contributed by atoms with Gasteiger partial charge in [-0.25, -0.2) is 0 Å². The molecule has 0 heterocycles. The van der Waals surface area contributed by atoms with E-state index in [0.717, 1.165) is 29.7 Å². The summed E-state index contributed by atoms with van der Waals surface area (Å²) in [6.45, 7) is 0. The van der Waals surface area contributed by atoms with Crippen molar-refractivity contribution in [2.24, 2.45) is 0 Å². The minimum Gasteiger partial charge on any atom is -0.493 e. The second-order valence-corrected chi connectivity index (χ2v) is 6.21. The quantitative estimate of drug-likeness (QED) is 0.840. The predicted octanol–water partition coefficient (Wildman–Crippen LogP) is 3.71. The fourth-order valence-corrected chi connectivity index (χ4v) is 3.75. The maximum Gasteiger partial charge on any atom is 0.314 e. The van der Waals surface area contributed by atoms with Crippen molar-refractivity contribution in [3.05, 3.63) is 17.7 Å². The lowest BCUT2D eigenvalue weighted by Gasteiger charge is -2.34. The van der Waals surface area contributed by atoms with Crippen LogP contribution in [0.4, 0.5) is 0 Å². The van der Waals surface area contributed by atoms with Crippen LogP contribution in [0.1, 0.15) is 37.7 Å². The summed E-state index contributed by atoms with van der Waals surface area (Å²) in [5, 5.41) is 9.82. The average molecular weight is 310 g/mol. The van der Waals surface area contributed by atoms with Crippen LogP contribution in [0.2, 0.25) is 0 Å². The lowest BCUT2D eigenvalue weighted by Crippen LogP contribution is -2.37. The molecule has 0 aromatic heterocycles. The second-order valence-electron chi connectivity index (χ2n) is 5.36. The highest BCUT2D eigenvalue weighted by molar-refractivity contribution is 7.98. The Morgan fingerprint density at radius 2 is 1.86 bits per heavy atom. The van der Waals surface area contributed by atoms with Gasteiger partial charge in [0.25, 0.3) is 0 Å². The molecule has 0 spiro atoms. The van der Waals surface area contributed by atoms with E-state index in [1.165, 1.54) is 0 Å². The highest BCUT2D eigenvalue weighted by Gasteiger charge is 2.42. The highest BCUT2D eigenvalue weighted by Crippen LogP contribution is 2.45. The number of hydrogen-bond donors (Lipinski definition) is 1. The number of thioether (sulfide) groups is 1. The summed E-state index contributed by atoms with van der Waals surface area (Å²) < 4.78 is 10.8. The first-order valence-corrected chi connectivity index (χ1v) is 8.35. The summed E-state index contributed by atoms with van der Waals surface area (Å²) in [6, 6.07) is 3.78. The van der Waals surface area contributed by atoms with E-state index in [9.17, 15) is 9.90 Å². The van der Waals surface area contributed by atoms with Crippen LogP contribution in [0.3, 0.4) is 0 Å². The molecule has 1 saturated carbocycles. The van der Waals surface area contributed by atoms with Gasteiger partial charge in [-0.1, -0.05) is 19.3 Å². The molecule has 4 nitrogen and oxygen atoms in total. The van der Waals surface area contributed by atoms with Gasteiger partial charge in [-0.3, -0.25) is 4.79 Å². The van der Waals surface area contributed by atoms with Gasteiger partial charge in [0.05, 0.1) is 24.5 Å². The van der Waals surface area contributed by atoms with Crippen molar-refractivity contribution in [3.63, 3.8) is 0 Å². The Morgan fingerprint density at radius 1 is 1.19 bits per heavy atom. The molecule has 0 radical (unpaired) electrons. The van der Waals surface area contributed by atoms with Gasteiger partial charge in [0.1, 0.15) is 0 Å². The molecule has 2 rings (SSSR count). The van der Waals surface area contributed by atoms with Crippen LogP contribution in [0, 0.1) is 0 Å². The Kier molecular flexibility index (Phi) is 5.04. The van der Waals surface area contributed by atoms with E-state index in [4.69, 9.17) is 9.47 Å². The number of aliphatic carboxylic acids is 1. The van der Waals surface area contributed by atoms with Gasteiger partial charge in [0, 0.05) is 0 Å². The van der Waals surface area contributed by atoms with E-state index < -0.39 is 11.4 Å². The van der Waals surface area contributed by atoms with Crippen molar-refractivity contribution < 1.29 is 19.4 Å². The van der Waals surface area contributed by atoms with Crippen LogP contribution in [-0.2, 0) is 10.2 Å². The molecule has 0 amide bonds. The standard InChI is InChI=1S/C16H22O4S/c1-19-12-9-11(10-13(21-3)14(12)20-2)16(15(17)18)7-5-4-6-8-16/h9-10H,4-8H2,1-3H3,(H,17,18). The number of carboxylic acid groups (broad SMARTS) is 1. The van der Waals surface area contributed by atoms with Gasteiger partial charge in [-0.05, 0) is 36.8 Å². The van der Waals surface area contributed by atoms with Crippen LogP contribution in [-0.4, -0.2) is 31.6 Å². The Hall–Kier alpha value is -1.36. The van der Waals surface area contributed by atoms with Crippen LogP contribution in [0.25, 0.3) is 0 Å². The van der Waals surface area contributed by atoms with E-state index in [1.54, 1.807) is 26.0 Å². The molecule has 0 bridgehead atoms. The van der Waals surface area contributed by atoms with E-state index >= 15 is 0 Å². The normalized spacial score (nSPS) is 17.3. The molecule has 1 aliphatic rings. The van der Waals surface area contributed by atoms with Gasteiger partial charge < -0.3 is 14.6 Å². The summed E-state index contributed by atoms with van der Waals surface area (Å²) in [5.41, 5.74) is 0.0409. The smallest absolute Gasteiger partial charge is 0.314 e. The SMILES string of the molecule is COc1cc(C2(C(=O)O)CCCCC2)cc(SC)c1OC. The van der Waals surface area contributed by atoms with Crippen molar-refractivity contribution in [2.45, 2.75) is 42.4 Å². The Labute approximate surface area is 129 Å². The van der Waals surface area contributed by atoms with Crippen molar-refractivity contribution >= 4 is 17.7 Å². The zero-order chi connectivity index (χ0) is 15.5. The van der Waals surface area contributed by atoms with E-state index in [-0.39, 0.29) is 0 Å². The summed E-state index contributed by atoms with van der Waals surface area (Å²) in [5.74, 6) is 0.539. The maximum absolute atomic E-state index is 12.0. The van der Waals surface area contributed by atoms with Gasteiger partial charge in [0.15, 0.2) is 11.5 Å². The lowest BCUT2D eigenvalue weighted by atomic mass is 9.69. The monoisotopic (exact) mass is 310 g/mol. The third kappa shape index (κ3) is 2.84. The first kappa shape index (κ1) is 16.0. The first-order chi connectivity index (χ1) is 10.1. The molecule has 1 aliphatic carbocycles. The number of ether oxygens (including phenoxy) is 2. The van der Waals surface area contributed by atoms with E-state index in [2.05, 4.69) is 0 Å². The number of rotatable bonds is 5. The molecule has 21 heavy (non-hydrogen) atoms. The first-order valence-electron chi connectivity index (χ1n) is 7.13. The molecule has 5 heteroatoms. The zero-order valence-electron chi connectivity index (χ0n) is 12.8. The Morgan fingerprint density at radius 3 is 2.33 bits per heavy atom. The number of methoxy groups -OCH3 is 2. The summed E-state index contributed by atoms with van der Waals surface area (Å²) in [4.78, 5) is 12.9. The van der Waals surface area contributed by atoms with Crippen LogP contribution >= 0.6 is 11.8 Å². The average Bonchev–Trinajstić information content (AvgIpc) is 2.53. The second kappa shape index (κ2) is 6.60. The zero-order valence-corrected chi connectivity index (χ0v) is 13.6. The fourth-order valence-electron chi connectivity index (χ4n) is 3.14. The molecule has 1 aromatic rings. The van der Waals surface area contributed by atoms with Crippen molar-refractivity contribution in [1.29, 1.82) is 0 Å². The topological polar surface area (TPSA) is 55.8 Å². The predicted molar refractivity (Wildman–Crippen MR) is 83.7 cm³/mol. The van der Waals surface area contributed by atoms with Crippen LogP contribution in [0.15, 0.2) is 17.0 Å². The molecular formula is C16H22O4S. The summed E-state index contributed by atoms with van der Waals surface area (Å²) >= 11 is 1.54. The highest BCUT2D eigenvalue weighted by atomic mass is 32.2. The minimum atomic E-state index is -0.789. The van der Waals surface area contributed by atoms with E-state index in [1.807, 2.05) is 18.4 Å². The third-order valence-electron chi connectivity index (χ3n) is 4.33. The molecule has 0 atom stereocenters. The van der Waals surface area contributed by atoms with Crippen molar-refractivity contribution in [3.8, 4) is 11.5 Å². The molecule has 1 fully saturated rings. The fraction of sp³-hybridized carbons (Fsp3) is 0.562. The van der Waals surface area contributed by atoms with E-state index in [0.29, 0.717) is 24.3 Å². The van der Waals surface area contributed by atoms with Crippen LogP contribution in [0.5, 0.6) is 11.5 Å². The van der Waals surface area contributed by atoms with Gasteiger partial charge in [-0.2, -0.15) is 0 Å². The lowest BCUT2D eigenvalue weighted by molar-refractivity contribution is -0.145. The van der Waals surface area contributed by atoms with Gasteiger partial charge in [0.2, 0.25) is 0 Å². The Balaban J connectivity index is 2.58. The maximum atomic E-state index is 12.0. The number of carbonyl (C=O) groups is 1. The minimum absolute atomic E-state index is 0.602. The molecule has 116 valence electrons. The summed E-state index contributed by atoms with van der Waals surface area (Å²) in [6.07, 6.45) is 6.34. The van der Waals surface area contributed by atoms with Crippen molar-refractivity contribution in [1.82, 2.24) is 0 Å².